The Morgan fingerprint density at radius 1 is 1.04 bits per heavy atom. The number of hydrogen-bond donors (Lipinski definition) is 3. The number of ether oxygens (including phenoxy) is 2. The molecule has 14 heteroatoms. The maximum Gasteiger partial charge on any atom is 0.244 e. The van der Waals surface area contributed by atoms with Crippen LogP contribution in [-0.4, -0.2) is 79.6 Å². The predicted octanol–water partition coefficient (Wildman–Crippen LogP) is 3.80. The number of aromatic nitrogens is 6. The number of likely N-dealkylation sites (tertiary alicyclic amines) is 1. The molecule has 3 N–H and O–H groups in total. The topological polar surface area (TPSA) is 169 Å². The van der Waals surface area contributed by atoms with E-state index in [1.165, 1.54) is 17.1 Å². The van der Waals surface area contributed by atoms with E-state index in [4.69, 9.17) is 14.5 Å². The molecule has 1 fully saturated rings. The Morgan fingerprint density at radius 3 is 2.49 bits per heavy atom. The summed E-state index contributed by atoms with van der Waals surface area (Å²) in [4.78, 5) is 47.5. The average Bonchev–Trinajstić information content (AvgIpc) is 3.76. The van der Waals surface area contributed by atoms with Gasteiger partial charge in [-0.15, -0.1) is 5.10 Å². The minimum absolute atomic E-state index is 0.0241. The van der Waals surface area contributed by atoms with Gasteiger partial charge in [0.05, 0.1) is 44.0 Å². The van der Waals surface area contributed by atoms with Gasteiger partial charge in [-0.3, -0.25) is 14.4 Å². The van der Waals surface area contributed by atoms with Gasteiger partial charge in [0.25, 0.3) is 0 Å². The molecule has 1 saturated heterocycles. The van der Waals surface area contributed by atoms with Crippen LogP contribution in [0.15, 0.2) is 79.1 Å². The van der Waals surface area contributed by atoms with E-state index in [2.05, 4.69) is 31.1 Å². The molecule has 0 radical (unpaired) electrons. The smallest absolute Gasteiger partial charge is 0.244 e. The van der Waals surface area contributed by atoms with Gasteiger partial charge in [0.1, 0.15) is 29.8 Å². The lowest BCUT2D eigenvalue weighted by Gasteiger charge is -2.39. The van der Waals surface area contributed by atoms with Crippen molar-refractivity contribution >= 4 is 30.0 Å². The summed E-state index contributed by atoms with van der Waals surface area (Å²) in [6.45, 7) is 4.66. The van der Waals surface area contributed by atoms with Crippen LogP contribution in [-0.2, 0) is 14.4 Å². The number of H-pyrrole nitrogens is 1. The molecule has 1 atom stereocenters. The van der Waals surface area contributed by atoms with Crippen molar-refractivity contribution in [1.82, 2.24) is 40.4 Å². The molecule has 49 heavy (non-hydrogen) atoms. The van der Waals surface area contributed by atoms with Crippen LogP contribution < -0.4 is 20.1 Å². The molecule has 5 aromatic rings. The molecule has 1 aliphatic rings. The third-order valence-electron chi connectivity index (χ3n) is 8.07. The quantitative estimate of drug-likeness (QED) is 0.126. The highest BCUT2D eigenvalue weighted by molar-refractivity contribution is 5.93. The highest BCUT2D eigenvalue weighted by Gasteiger charge is 2.34. The Morgan fingerprint density at radius 2 is 1.80 bits per heavy atom. The van der Waals surface area contributed by atoms with Crippen molar-refractivity contribution in [3.05, 3.63) is 102 Å². The molecule has 14 nitrogen and oxygen atoms in total. The molecule has 3 amide bonds. The molecular formula is C35H35N9O5. The first-order valence-corrected chi connectivity index (χ1v) is 15.6. The monoisotopic (exact) mass is 661 g/mol. The van der Waals surface area contributed by atoms with E-state index in [0.29, 0.717) is 48.1 Å². The Kier molecular flexibility index (Phi) is 9.74. The predicted molar refractivity (Wildman–Crippen MR) is 181 cm³/mol. The molecular weight excluding hydrogens is 626 g/mol. The number of imidazole rings is 1. The van der Waals surface area contributed by atoms with Gasteiger partial charge in [-0.1, -0.05) is 23.8 Å². The number of methoxy groups -OCH3 is 1. The maximum absolute atomic E-state index is 13.5. The summed E-state index contributed by atoms with van der Waals surface area (Å²) < 4.78 is 12.7. The van der Waals surface area contributed by atoms with Crippen LogP contribution in [0, 0.1) is 13.8 Å². The van der Waals surface area contributed by atoms with E-state index < -0.39 is 11.9 Å². The van der Waals surface area contributed by atoms with Gasteiger partial charge in [-0.05, 0) is 78.9 Å². The van der Waals surface area contributed by atoms with Crippen molar-refractivity contribution in [3.63, 3.8) is 0 Å². The molecule has 0 bridgehead atoms. The number of rotatable bonds is 13. The fraction of sp³-hybridized carbons (Fsp3) is 0.229. The second-order valence-electron chi connectivity index (χ2n) is 11.6. The van der Waals surface area contributed by atoms with Crippen LogP contribution in [0.3, 0.4) is 0 Å². The Labute approximate surface area is 282 Å². The lowest BCUT2D eigenvalue weighted by molar-refractivity contribution is -0.140. The lowest BCUT2D eigenvalue weighted by atomic mass is 10.1. The summed E-state index contributed by atoms with van der Waals surface area (Å²) in [7, 11) is 1.60. The summed E-state index contributed by atoms with van der Waals surface area (Å²) in [6, 6.07) is 19.5. The lowest BCUT2D eigenvalue weighted by Crippen LogP contribution is -2.56. The summed E-state index contributed by atoms with van der Waals surface area (Å²) in [6.07, 6.45) is 5.02. The number of carbonyl (C=O) groups excluding carboxylic acids is 3. The summed E-state index contributed by atoms with van der Waals surface area (Å²) >= 11 is 0. The molecule has 0 saturated carbocycles. The SMILES string of the molecule is COc1ccc(OC2CN(C(=O)C[C@H](NC(=O)/C=C/c3cc(C)ccc3-n3cnnn3)c3nc(-c4ccc(NC=O)cc4)c(C)[nH]3)C2)cc1. The van der Waals surface area contributed by atoms with E-state index in [1.54, 1.807) is 30.2 Å². The Hall–Kier alpha value is -6.31. The van der Waals surface area contributed by atoms with Crippen LogP contribution in [0.1, 0.15) is 35.1 Å². The van der Waals surface area contributed by atoms with E-state index in [0.717, 1.165) is 28.1 Å². The van der Waals surface area contributed by atoms with Crippen molar-refractivity contribution < 1.29 is 23.9 Å². The Bertz CT molecular complexity index is 1950. The van der Waals surface area contributed by atoms with Crippen LogP contribution in [0.25, 0.3) is 23.0 Å². The van der Waals surface area contributed by atoms with E-state index in [-0.39, 0.29) is 18.4 Å². The Balaban J connectivity index is 1.19. The zero-order valence-electron chi connectivity index (χ0n) is 27.2. The van der Waals surface area contributed by atoms with Gasteiger partial charge < -0.3 is 30.0 Å². The van der Waals surface area contributed by atoms with Crippen molar-refractivity contribution in [1.29, 1.82) is 0 Å². The number of aromatic amines is 1. The largest absolute Gasteiger partial charge is 0.497 e. The standard InChI is InChI=1S/C35H35N9O5/c1-22-4-14-31(44-20-37-41-42-44)25(16-22)7-15-32(46)39-30(35-38-23(2)34(40-35)24-5-8-26(9-6-24)36-21-45)17-33(47)43-18-29(19-43)49-28-12-10-27(48-3)11-13-28/h4-16,20-21,29-30H,17-19H2,1-3H3,(H,36,45)(H,38,40)(H,39,46)/b15-7+/t30-/m0/s1. The van der Waals surface area contributed by atoms with E-state index >= 15 is 0 Å². The molecule has 6 rings (SSSR count). The number of nitrogens with zero attached hydrogens (tertiary/aromatic N) is 6. The molecule has 3 aromatic carbocycles. The van der Waals surface area contributed by atoms with E-state index in [9.17, 15) is 14.4 Å². The number of aryl methyl sites for hydroxylation is 2. The van der Waals surface area contributed by atoms with Crippen LogP contribution in [0.2, 0.25) is 0 Å². The zero-order chi connectivity index (χ0) is 34.3. The molecule has 2 aromatic heterocycles. The molecule has 0 spiro atoms. The highest BCUT2D eigenvalue weighted by Crippen LogP contribution is 2.28. The van der Waals surface area contributed by atoms with Gasteiger partial charge in [0.15, 0.2) is 0 Å². The summed E-state index contributed by atoms with van der Waals surface area (Å²) in [5.41, 5.74) is 5.32. The minimum atomic E-state index is -0.758. The minimum Gasteiger partial charge on any atom is -0.497 e. The first-order chi connectivity index (χ1) is 23.8. The number of nitrogens with one attached hydrogen (secondary N) is 3. The van der Waals surface area contributed by atoms with Gasteiger partial charge in [0, 0.05) is 28.6 Å². The molecule has 0 unspecified atom stereocenters. The molecule has 3 heterocycles. The number of carbonyl (C=O) groups is 3. The highest BCUT2D eigenvalue weighted by atomic mass is 16.5. The second kappa shape index (κ2) is 14.6. The normalized spacial score (nSPS) is 13.5. The first-order valence-electron chi connectivity index (χ1n) is 15.6. The zero-order valence-corrected chi connectivity index (χ0v) is 27.2. The molecule has 0 aliphatic carbocycles. The van der Waals surface area contributed by atoms with Crippen molar-refractivity contribution in [2.45, 2.75) is 32.4 Å². The average molecular weight is 662 g/mol. The van der Waals surface area contributed by atoms with Gasteiger partial charge in [0.2, 0.25) is 18.2 Å². The van der Waals surface area contributed by atoms with Gasteiger partial charge >= 0.3 is 0 Å². The van der Waals surface area contributed by atoms with Gasteiger partial charge in [-0.2, -0.15) is 4.68 Å². The van der Waals surface area contributed by atoms with Crippen molar-refractivity contribution in [3.8, 4) is 28.4 Å². The maximum atomic E-state index is 13.5. The molecule has 250 valence electrons. The fourth-order valence-electron chi connectivity index (χ4n) is 5.48. The van der Waals surface area contributed by atoms with E-state index in [1.807, 2.05) is 68.4 Å². The summed E-state index contributed by atoms with van der Waals surface area (Å²) in [5.74, 6) is 1.31. The second-order valence-corrected chi connectivity index (χ2v) is 11.6. The van der Waals surface area contributed by atoms with Crippen LogP contribution in [0.5, 0.6) is 11.5 Å². The van der Waals surface area contributed by atoms with Crippen LogP contribution >= 0.6 is 0 Å². The fourth-order valence-corrected chi connectivity index (χ4v) is 5.48. The van der Waals surface area contributed by atoms with Crippen molar-refractivity contribution in [2.24, 2.45) is 0 Å². The first kappa shape index (κ1) is 32.6. The number of amides is 3. The number of tetrazole rings is 1. The van der Waals surface area contributed by atoms with Crippen molar-refractivity contribution in [2.75, 3.05) is 25.5 Å². The van der Waals surface area contributed by atoms with Crippen LogP contribution in [0.4, 0.5) is 5.69 Å². The van der Waals surface area contributed by atoms with Gasteiger partial charge in [-0.25, -0.2) is 4.98 Å². The number of benzene rings is 3. The number of hydrogen-bond acceptors (Lipinski definition) is 9. The summed E-state index contributed by atoms with van der Waals surface area (Å²) in [5, 5.41) is 17.0. The third kappa shape index (κ3) is 7.81. The number of anilines is 1. The third-order valence-corrected chi connectivity index (χ3v) is 8.07. The molecule has 1 aliphatic heterocycles.